The number of aryl methyl sites for hydroxylation is 1. The molecule has 3 heteroatoms. The van der Waals surface area contributed by atoms with Gasteiger partial charge in [-0.15, -0.1) is 11.3 Å². The third-order valence-corrected chi connectivity index (χ3v) is 2.75. The van der Waals surface area contributed by atoms with Gasteiger partial charge in [-0.05, 0) is 13.3 Å². The fourth-order valence-electron chi connectivity index (χ4n) is 1.19. The first-order chi connectivity index (χ1) is 5.72. The van der Waals surface area contributed by atoms with Gasteiger partial charge in [0, 0.05) is 23.5 Å². The average Bonchev–Trinajstić information content (AvgIpc) is 2.36. The molecular weight excluding hydrogens is 168 g/mol. The summed E-state index contributed by atoms with van der Waals surface area (Å²) in [6.07, 6.45) is 3.19. The van der Waals surface area contributed by atoms with Gasteiger partial charge in [0.2, 0.25) is 0 Å². The van der Waals surface area contributed by atoms with E-state index in [2.05, 4.69) is 17.3 Å². The molecule has 2 nitrogen and oxygen atoms in total. The van der Waals surface area contributed by atoms with E-state index in [0.29, 0.717) is 6.04 Å². The molecule has 1 atom stereocenters. The number of hydrogen-bond donors (Lipinski definition) is 1. The second kappa shape index (κ2) is 4.58. The van der Waals surface area contributed by atoms with Crippen LogP contribution in [-0.2, 0) is 6.42 Å². The van der Waals surface area contributed by atoms with Crippen LogP contribution < -0.4 is 5.73 Å². The molecule has 0 bridgehead atoms. The van der Waals surface area contributed by atoms with Crippen molar-refractivity contribution in [3.05, 3.63) is 16.1 Å². The van der Waals surface area contributed by atoms with Gasteiger partial charge in [0.05, 0.1) is 5.01 Å². The molecular formula is C9H16N2S. The molecule has 0 spiro atoms. The number of hydrogen-bond acceptors (Lipinski definition) is 3. The van der Waals surface area contributed by atoms with Crippen molar-refractivity contribution in [2.24, 2.45) is 5.73 Å². The molecule has 1 rings (SSSR count). The van der Waals surface area contributed by atoms with E-state index in [-0.39, 0.29) is 0 Å². The van der Waals surface area contributed by atoms with Crippen LogP contribution in [0.5, 0.6) is 0 Å². The molecule has 0 radical (unpaired) electrons. The fourth-order valence-corrected chi connectivity index (χ4v) is 2.06. The molecule has 1 heterocycles. The lowest BCUT2D eigenvalue weighted by atomic mass is 10.1. The normalized spacial score (nSPS) is 13.2. The van der Waals surface area contributed by atoms with E-state index in [0.717, 1.165) is 25.0 Å². The van der Waals surface area contributed by atoms with Crippen LogP contribution in [0.25, 0.3) is 0 Å². The Morgan fingerprint density at radius 3 is 2.92 bits per heavy atom. The summed E-state index contributed by atoms with van der Waals surface area (Å²) in [5, 5.41) is 3.25. The Morgan fingerprint density at radius 2 is 2.42 bits per heavy atom. The minimum absolute atomic E-state index is 0.292. The van der Waals surface area contributed by atoms with Gasteiger partial charge < -0.3 is 5.73 Å². The molecule has 0 aliphatic heterocycles. The first-order valence-electron chi connectivity index (χ1n) is 4.39. The molecule has 12 heavy (non-hydrogen) atoms. The lowest BCUT2D eigenvalue weighted by Gasteiger charge is -2.06. The highest BCUT2D eigenvalue weighted by molar-refractivity contribution is 7.09. The summed E-state index contributed by atoms with van der Waals surface area (Å²) in [6, 6.07) is 0.292. The Labute approximate surface area is 77.8 Å². The summed E-state index contributed by atoms with van der Waals surface area (Å²) in [4.78, 5) is 4.37. The van der Waals surface area contributed by atoms with Crippen LogP contribution in [-0.4, -0.2) is 11.0 Å². The number of thiazole rings is 1. The van der Waals surface area contributed by atoms with E-state index in [1.807, 2.05) is 6.92 Å². The van der Waals surface area contributed by atoms with Crippen molar-refractivity contribution in [3.8, 4) is 0 Å². The largest absolute Gasteiger partial charge is 0.327 e. The highest BCUT2D eigenvalue weighted by Gasteiger charge is 2.05. The lowest BCUT2D eigenvalue weighted by Crippen LogP contribution is -2.22. The summed E-state index contributed by atoms with van der Waals surface area (Å²) in [5.41, 5.74) is 7.00. The van der Waals surface area contributed by atoms with Crippen molar-refractivity contribution in [1.29, 1.82) is 0 Å². The van der Waals surface area contributed by atoms with Gasteiger partial charge in [0.25, 0.3) is 0 Å². The molecule has 2 N–H and O–H groups in total. The summed E-state index contributed by atoms with van der Waals surface area (Å²) in [5.74, 6) is 0. The predicted molar refractivity (Wildman–Crippen MR) is 53.4 cm³/mol. The maximum Gasteiger partial charge on any atom is 0.0943 e. The van der Waals surface area contributed by atoms with Crippen LogP contribution in [0.4, 0.5) is 0 Å². The quantitative estimate of drug-likeness (QED) is 0.778. The van der Waals surface area contributed by atoms with Gasteiger partial charge in [-0.2, -0.15) is 0 Å². The molecule has 0 aromatic carbocycles. The molecule has 1 aromatic heterocycles. The Kier molecular flexibility index (Phi) is 3.69. The van der Waals surface area contributed by atoms with Crippen LogP contribution in [0.15, 0.2) is 5.38 Å². The van der Waals surface area contributed by atoms with Crippen LogP contribution in [0.1, 0.15) is 30.5 Å². The molecule has 0 saturated heterocycles. The molecule has 0 fully saturated rings. The number of aromatic nitrogens is 1. The SMILES string of the molecule is CCC[C@@H](N)Cc1nc(C)cs1. The fraction of sp³-hybridized carbons (Fsp3) is 0.667. The van der Waals surface area contributed by atoms with Gasteiger partial charge in [0.1, 0.15) is 0 Å². The van der Waals surface area contributed by atoms with Crippen LogP contribution >= 0.6 is 11.3 Å². The van der Waals surface area contributed by atoms with E-state index >= 15 is 0 Å². The van der Waals surface area contributed by atoms with Gasteiger partial charge >= 0.3 is 0 Å². The summed E-state index contributed by atoms with van der Waals surface area (Å²) < 4.78 is 0. The molecule has 0 aliphatic rings. The van der Waals surface area contributed by atoms with Crippen molar-refractivity contribution < 1.29 is 0 Å². The van der Waals surface area contributed by atoms with Gasteiger partial charge in [-0.1, -0.05) is 13.3 Å². The van der Waals surface area contributed by atoms with Crippen LogP contribution in [0.2, 0.25) is 0 Å². The highest BCUT2D eigenvalue weighted by Crippen LogP contribution is 2.11. The van der Waals surface area contributed by atoms with Crippen molar-refractivity contribution in [1.82, 2.24) is 4.98 Å². The number of nitrogens with zero attached hydrogens (tertiary/aromatic N) is 1. The zero-order valence-electron chi connectivity index (χ0n) is 7.71. The lowest BCUT2D eigenvalue weighted by molar-refractivity contribution is 0.598. The monoisotopic (exact) mass is 184 g/mol. The first-order valence-corrected chi connectivity index (χ1v) is 5.27. The van der Waals surface area contributed by atoms with Crippen molar-refractivity contribution in [2.45, 2.75) is 39.2 Å². The molecule has 0 saturated carbocycles. The summed E-state index contributed by atoms with van der Waals surface area (Å²) in [6.45, 7) is 4.18. The standard InChI is InChI=1S/C9H16N2S/c1-3-4-8(10)5-9-11-7(2)6-12-9/h6,8H,3-5,10H2,1-2H3/t8-/m1/s1. The van der Waals surface area contributed by atoms with E-state index in [1.54, 1.807) is 11.3 Å². The van der Waals surface area contributed by atoms with E-state index in [9.17, 15) is 0 Å². The van der Waals surface area contributed by atoms with Crippen molar-refractivity contribution >= 4 is 11.3 Å². The molecule has 0 aliphatic carbocycles. The molecule has 0 amide bonds. The highest BCUT2D eigenvalue weighted by atomic mass is 32.1. The average molecular weight is 184 g/mol. The van der Waals surface area contributed by atoms with E-state index in [1.165, 1.54) is 5.01 Å². The third-order valence-electron chi connectivity index (χ3n) is 1.76. The Bertz CT molecular complexity index is 232. The van der Waals surface area contributed by atoms with E-state index < -0.39 is 0 Å². The minimum Gasteiger partial charge on any atom is -0.327 e. The Hall–Kier alpha value is -0.410. The number of rotatable bonds is 4. The van der Waals surface area contributed by atoms with E-state index in [4.69, 9.17) is 5.73 Å². The topological polar surface area (TPSA) is 38.9 Å². The third kappa shape index (κ3) is 2.91. The molecule has 68 valence electrons. The minimum atomic E-state index is 0.292. The second-order valence-electron chi connectivity index (χ2n) is 3.14. The molecule has 1 aromatic rings. The number of nitrogens with two attached hydrogens (primary N) is 1. The van der Waals surface area contributed by atoms with Crippen LogP contribution in [0, 0.1) is 6.92 Å². The maximum atomic E-state index is 5.89. The van der Waals surface area contributed by atoms with Gasteiger partial charge in [-0.25, -0.2) is 4.98 Å². The predicted octanol–water partition coefficient (Wildman–Crippen LogP) is 2.12. The Morgan fingerprint density at radius 1 is 1.67 bits per heavy atom. The van der Waals surface area contributed by atoms with Gasteiger partial charge in [0.15, 0.2) is 0 Å². The second-order valence-corrected chi connectivity index (χ2v) is 4.08. The van der Waals surface area contributed by atoms with Crippen molar-refractivity contribution in [2.75, 3.05) is 0 Å². The first kappa shape index (κ1) is 9.68. The summed E-state index contributed by atoms with van der Waals surface area (Å²) in [7, 11) is 0. The van der Waals surface area contributed by atoms with Crippen LogP contribution in [0.3, 0.4) is 0 Å². The summed E-state index contributed by atoms with van der Waals surface area (Å²) >= 11 is 1.71. The zero-order chi connectivity index (χ0) is 8.97. The van der Waals surface area contributed by atoms with Gasteiger partial charge in [-0.3, -0.25) is 0 Å². The molecule has 0 unspecified atom stereocenters. The smallest absolute Gasteiger partial charge is 0.0943 e. The maximum absolute atomic E-state index is 5.89. The Balaban J connectivity index is 2.41. The van der Waals surface area contributed by atoms with Crippen molar-refractivity contribution in [3.63, 3.8) is 0 Å². The zero-order valence-corrected chi connectivity index (χ0v) is 8.53.